The molecule has 7 heteroatoms. The predicted molar refractivity (Wildman–Crippen MR) is 100 cm³/mol. The summed E-state index contributed by atoms with van der Waals surface area (Å²) in [6.07, 6.45) is 10.9. The number of amides is 3. The number of hydrogen-bond acceptors (Lipinski definition) is 4. The van der Waals surface area contributed by atoms with Gasteiger partial charge < -0.3 is 19.5 Å². The number of nitrogens with zero attached hydrogens (tertiary/aromatic N) is 2. The molecule has 2 aliphatic rings. The van der Waals surface area contributed by atoms with Crippen LogP contribution in [0.15, 0.2) is 23.0 Å². The lowest BCUT2D eigenvalue weighted by Crippen LogP contribution is -2.52. The molecule has 0 unspecified atom stereocenters. The Balaban J connectivity index is 1.34. The standard InChI is InChI=1S/C20H29N3O4/c24-18(7-6-16-4-2-1-3-5-16)22-9-11-23(12-10-22)19(25)14-21-20(26)17-8-13-27-15-17/h8,13,15-16H,1-7,9-12,14H2,(H,21,26). The lowest BCUT2D eigenvalue weighted by Gasteiger charge is -2.35. The minimum atomic E-state index is -0.325. The van der Waals surface area contributed by atoms with Crippen LogP contribution in [-0.2, 0) is 9.59 Å². The van der Waals surface area contributed by atoms with Crippen LogP contribution in [-0.4, -0.2) is 60.2 Å². The summed E-state index contributed by atoms with van der Waals surface area (Å²) in [7, 11) is 0. The summed E-state index contributed by atoms with van der Waals surface area (Å²) in [6, 6.07) is 1.55. The van der Waals surface area contributed by atoms with Gasteiger partial charge in [-0.15, -0.1) is 0 Å². The van der Waals surface area contributed by atoms with Crippen LogP contribution in [0.25, 0.3) is 0 Å². The van der Waals surface area contributed by atoms with Gasteiger partial charge in [-0.1, -0.05) is 32.1 Å². The molecule has 0 spiro atoms. The number of piperazine rings is 1. The first-order valence-corrected chi connectivity index (χ1v) is 9.99. The number of carbonyl (C=O) groups is 3. The first-order valence-electron chi connectivity index (χ1n) is 9.99. The van der Waals surface area contributed by atoms with Crippen molar-refractivity contribution in [2.24, 2.45) is 5.92 Å². The molecular weight excluding hydrogens is 346 g/mol. The third kappa shape index (κ3) is 5.58. The third-order valence-electron chi connectivity index (χ3n) is 5.66. The first kappa shape index (κ1) is 19.5. The molecule has 1 aliphatic carbocycles. The Kier molecular flexibility index (Phi) is 6.90. The van der Waals surface area contributed by atoms with Crippen LogP contribution in [0.5, 0.6) is 0 Å². The zero-order valence-electron chi connectivity index (χ0n) is 15.8. The number of nitrogens with one attached hydrogen (secondary N) is 1. The van der Waals surface area contributed by atoms with E-state index in [9.17, 15) is 14.4 Å². The predicted octanol–water partition coefficient (Wildman–Crippen LogP) is 2.04. The maximum Gasteiger partial charge on any atom is 0.254 e. The van der Waals surface area contributed by atoms with E-state index in [1.54, 1.807) is 11.0 Å². The van der Waals surface area contributed by atoms with E-state index in [-0.39, 0.29) is 24.3 Å². The van der Waals surface area contributed by atoms with Gasteiger partial charge in [0.25, 0.3) is 5.91 Å². The highest BCUT2D eigenvalue weighted by Crippen LogP contribution is 2.27. The molecule has 3 amide bonds. The normalized spacial score (nSPS) is 18.4. The largest absolute Gasteiger partial charge is 0.472 e. The Morgan fingerprint density at radius 2 is 1.67 bits per heavy atom. The van der Waals surface area contributed by atoms with Crippen LogP contribution in [0.1, 0.15) is 55.3 Å². The van der Waals surface area contributed by atoms with Crippen molar-refractivity contribution in [2.45, 2.75) is 44.9 Å². The topological polar surface area (TPSA) is 82.9 Å². The van der Waals surface area contributed by atoms with Crippen LogP contribution in [0, 0.1) is 5.92 Å². The van der Waals surface area contributed by atoms with Crippen LogP contribution in [0.3, 0.4) is 0 Å². The number of rotatable bonds is 6. The second-order valence-corrected chi connectivity index (χ2v) is 7.50. The van der Waals surface area contributed by atoms with E-state index in [0.29, 0.717) is 44.1 Å². The summed E-state index contributed by atoms with van der Waals surface area (Å²) in [4.78, 5) is 40.1. The van der Waals surface area contributed by atoms with Crippen molar-refractivity contribution in [3.8, 4) is 0 Å². The summed E-state index contributed by atoms with van der Waals surface area (Å²) < 4.78 is 4.86. The van der Waals surface area contributed by atoms with E-state index >= 15 is 0 Å². The molecule has 1 aromatic heterocycles. The Morgan fingerprint density at radius 1 is 1.00 bits per heavy atom. The van der Waals surface area contributed by atoms with E-state index in [0.717, 1.165) is 6.42 Å². The molecule has 1 aromatic rings. The molecule has 0 radical (unpaired) electrons. The SMILES string of the molecule is O=C(NCC(=O)N1CCN(C(=O)CCC2CCCCC2)CC1)c1ccoc1. The van der Waals surface area contributed by atoms with Crippen LogP contribution in [0.2, 0.25) is 0 Å². The highest BCUT2D eigenvalue weighted by molar-refractivity contribution is 5.96. The molecule has 7 nitrogen and oxygen atoms in total. The molecule has 0 bridgehead atoms. The monoisotopic (exact) mass is 375 g/mol. The second kappa shape index (κ2) is 9.58. The van der Waals surface area contributed by atoms with Gasteiger partial charge in [-0.3, -0.25) is 14.4 Å². The Bertz CT molecular complexity index is 630. The van der Waals surface area contributed by atoms with Gasteiger partial charge in [-0.2, -0.15) is 0 Å². The van der Waals surface area contributed by atoms with Gasteiger partial charge in [-0.25, -0.2) is 0 Å². The second-order valence-electron chi connectivity index (χ2n) is 7.50. The molecule has 27 heavy (non-hydrogen) atoms. The van der Waals surface area contributed by atoms with Crippen LogP contribution in [0.4, 0.5) is 0 Å². The summed E-state index contributed by atoms with van der Waals surface area (Å²) in [5.41, 5.74) is 0.399. The van der Waals surface area contributed by atoms with Crippen molar-refractivity contribution in [1.82, 2.24) is 15.1 Å². The van der Waals surface area contributed by atoms with Gasteiger partial charge in [0, 0.05) is 32.6 Å². The summed E-state index contributed by atoms with van der Waals surface area (Å²) in [6.45, 7) is 2.15. The molecule has 1 saturated heterocycles. The fourth-order valence-corrected chi connectivity index (χ4v) is 3.93. The number of furan rings is 1. The highest BCUT2D eigenvalue weighted by atomic mass is 16.3. The maximum absolute atomic E-state index is 12.4. The van der Waals surface area contributed by atoms with Gasteiger partial charge in [-0.05, 0) is 18.4 Å². The first-order chi connectivity index (χ1) is 13.1. The van der Waals surface area contributed by atoms with Gasteiger partial charge >= 0.3 is 0 Å². The minimum Gasteiger partial charge on any atom is -0.472 e. The Labute approximate surface area is 160 Å². The molecule has 1 saturated carbocycles. The van der Waals surface area contributed by atoms with Crippen molar-refractivity contribution in [3.05, 3.63) is 24.2 Å². The van der Waals surface area contributed by atoms with E-state index in [1.807, 2.05) is 4.90 Å². The van der Waals surface area contributed by atoms with Crippen molar-refractivity contribution < 1.29 is 18.8 Å². The lowest BCUT2D eigenvalue weighted by molar-refractivity contribution is -0.139. The lowest BCUT2D eigenvalue weighted by atomic mass is 9.86. The molecule has 0 atom stereocenters. The van der Waals surface area contributed by atoms with Crippen LogP contribution < -0.4 is 5.32 Å². The summed E-state index contributed by atoms with van der Waals surface area (Å²) >= 11 is 0. The van der Waals surface area contributed by atoms with E-state index < -0.39 is 0 Å². The molecule has 1 N–H and O–H groups in total. The summed E-state index contributed by atoms with van der Waals surface area (Å²) in [5.74, 6) is 0.472. The van der Waals surface area contributed by atoms with Crippen molar-refractivity contribution >= 4 is 17.7 Å². The number of carbonyl (C=O) groups excluding carboxylic acids is 3. The quantitative estimate of drug-likeness (QED) is 0.825. The number of hydrogen-bond donors (Lipinski definition) is 1. The smallest absolute Gasteiger partial charge is 0.254 e. The zero-order chi connectivity index (χ0) is 19.1. The maximum atomic E-state index is 12.4. The fourth-order valence-electron chi connectivity index (χ4n) is 3.93. The molecular formula is C20H29N3O4. The molecule has 148 valence electrons. The van der Waals surface area contributed by atoms with Crippen LogP contribution >= 0.6 is 0 Å². The molecule has 2 fully saturated rings. The Morgan fingerprint density at radius 3 is 2.30 bits per heavy atom. The molecule has 0 aromatic carbocycles. The fraction of sp³-hybridized carbons (Fsp3) is 0.650. The highest BCUT2D eigenvalue weighted by Gasteiger charge is 2.25. The Hall–Kier alpha value is -2.31. The van der Waals surface area contributed by atoms with Crippen molar-refractivity contribution in [1.29, 1.82) is 0 Å². The van der Waals surface area contributed by atoms with Gasteiger partial charge in [0.05, 0.1) is 18.4 Å². The van der Waals surface area contributed by atoms with Gasteiger partial charge in [0.1, 0.15) is 6.26 Å². The summed E-state index contributed by atoms with van der Waals surface area (Å²) in [5, 5.41) is 2.60. The van der Waals surface area contributed by atoms with Gasteiger partial charge in [0.15, 0.2) is 0 Å². The van der Waals surface area contributed by atoms with Gasteiger partial charge in [0.2, 0.25) is 11.8 Å². The van der Waals surface area contributed by atoms with E-state index in [1.165, 1.54) is 44.6 Å². The van der Waals surface area contributed by atoms with E-state index in [2.05, 4.69) is 5.32 Å². The molecule has 3 rings (SSSR count). The minimum absolute atomic E-state index is 0.0420. The average molecular weight is 375 g/mol. The molecule has 1 aliphatic heterocycles. The molecule has 2 heterocycles. The average Bonchev–Trinajstić information content (AvgIpc) is 3.26. The van der Waals surface area contributed by atoms with Crippen molar-refractivity contribution in [2.75, 3.05) is 32.7 Å². The van der Waals surface area contributed by atoms with Crippen molar-refractivity contribution in [3.63, 3.8) is 0 Å². The zero-order valence-corrected chi connectivity index (χ0v) is 15.8. The van der Waals surface area contributed by atoms with E-state index in [4.69, 9.17) is 4.42 Å². The third-order valence-corrected chi connectivity index (χ3v) is 5.66.